The van der Waals surface area contributed by atoms with Gasteiger partial charge in [-0.25, -0.2) is 8.78 Å². The second-order valence-electron chi connectivity index (χ2n) is 4.90. The molecule has 0 heterocycles. The van der Waals surface area contributed by atoms with Crippen molar-refractivity contribution >= 4 is 17.5 Å². The summed E-state index contributed by atoms with van der Waals surface area (Å²) in [7, 11) is 1.49. The number of hydrogen-bond acceptors (Lipinski definition) is 4. The molecule has 0 atom stereocenters. The predicted octanol–water partition coefficient (Wildman–Crippen LogP) is 2.11. The van der Waals surface area contributed by atoms with Gasteiger partial charge in [-0.2, -0.15) is 0 Å². The standard InChI is InChI=1S/C17H16F2N2O4/c1-20-16(22)9-24-13-4-2-3-12(8-13)21-17(23)10-25-15-6-5-11(18)7-14(15)19/h2-8H,9-10H2,1H3,(H,20,22)(H,21,23). The summed E-state index contributed by atoms with van der Waals surface area (Å²) in [4.78, 5) is 23.0. The van der Waals surface area contributed by atoms with Crippen LogP contribution < -0.4 is 20.1 Å². The molecule has 0 saturated carbocycles. The summed E-state index contributed by atoms with van der Waals surface area (Å²) >= 11 is 0. The van der Waals surface area contributed by atoms with Gasteiger partial charge in [-0.1, -0.05) is 6.07 Å². The van der Waals surface area contributed by atoms with Crippen molar-refractivity contribution in [3.05, 3.63) is 54.1 Å². The fourth-order valence-electron chi connectivity index (χ4n) is 1.82. The molecule has 2 N–H and O–H groups in total. The molecular formula is C17H16F2N2O4. The van der Waals surface area contributed by atoms with E-state index in [1.807, 2.05) is 0 Å². The Balaban J connectivity index is 1.88. The average Bonchev–Trinajstić information content (AvgIpc) is 2.59. The first-order valence-corrected chi connectivity index (χ1v) is 7.29. The molecule has 0 bridgehead atoms. The van der Waals surface area contributed by atoms with Crippen molar-refractivity contribution in [3.8, 4) is 11.5 Å². The van der Waals surface area contributed by atoms with Gasteiger partial charge in [0, 0.05) is 24.9 Å². The van der Waals surface area contributed by atoms with Crippen molar-refractivity contribution < 1.29 is 27.8 Å². The number of likely N-dealkylation sites (N-methyl/N-ethyl adjacent to an activating group) is 1. The van der Waals surface area contributed by atoms with E-state index in [0.717, 1.165) is 12.1 Å². The number of halogens is 2. The first-order valence-electron chi connectivity index (χ1n) is 7.29. The van der Waals surface area contributed by atoms with Crippen LogP contribution in [0.15, 0.2) is 42.5 Å². The molecule has 0 aliphatic carbocycles. The number of amides is 2. The van der Waals surface area contributed by atoms with Crippen LogP contribution in [0.1, 0.15) is 0 Å². The quantitative estimate of drug-likeness (QED) is 0.802. The van der Waals surface area contributed by atoms with Crippen LogP contribution in [0.5, 0.6) is 11.5 Å². The monoisotopic (exact) mass is 350 g/mol. The highest BCUT2D eigenvalue weighted by atomic mass is 19.1. The van der Waals surface area contributed by atoms with Crippen molar-refractivity contribution in [1.82, 2.24) is 5.32 Å². The summed E-state index contributed by atoms with van der Waals surface area (Å²) in [6.45, 7) is -0.604. The van der Waals surface area contributed by atoms with Gasteiger partial charge < -0.3 is 20.1 Å². The minimum absolute atomic E-state index is 0.152. The van der Waals surface area contributed by atoms with E-state index >= 15 is 0 Å². The molecule has 0 fully saturated rings. The predicted molar refractivity (Wildman–Crippen MR) is 86.5 cm³/mol. The molecular weight excluding hydrogens is 334 g/mol. The summed E-state index contributed by atoms with van der Waals surface area (Å²) < 4.78 is 36.5. The summed E-state index contributed by atoms with van der Waals surface area (Å²) in [5, 5.41) is 4.96. The molecule has 0 aliphatic rings. The largest absolute Gasteiger partial charge is 0.484 e. The molecule has 2 aromatic rings. The van der Waals surface area contributed by atoms with Crippen molar-refractivity contribution in [3.63, 3.8) is 0 Å². The second-order valence-corrected chi connectivity index (χ2v) is 4.90. The summed E-state index contributed by atoms with van der Waals surface area (Å²) in [6, 6.07) is 9.20. The number of ether oxygens (including phenoxy) is 2. The van der Waals surface area contributed by atoms with Crippen LogP contribution in [0, 0.1) is 11.6 Å². The van der Waals surface area contributed by atoms with Crippen LogP contribution in [0.25, 0.3) is 0 Å². The van der Waals surface area contributed by atoms with Gasteiger partial charge in [0.05, 0.1) is 0 Å². The summed E-state index contributed by atoms with van der Waals surface area (Å²) in [5.41, 5.74) is 0.419. The van der Waals surface area contributed by atoms with E-state index < -0.39 is 24.1 Å². The molecule has 0 aromatic heterocycles. The normalized spacial score (nSPS) is 10.0. The van der Waals surface area contributed by atoms with Gasteiger partial charge in [0.1, 0.15) is 11.6 Å². The molecule has 132 valence electrons. The van der Waals surface area contributed by atoms with E-state index in [4.69, 9.17) is 9.47 Å². The van der Waals surface area contributed by atoms with E-state index in [1.54, 1.807) is 18.2 Å². The highest BCUT2D eigenvalue weighted by Gasteiger charge is 2.09. The zero-order valence-electron chi connectivity index (χ0n) is 13.3. The van der Waals surface area contributed by atoms with Gasteiger partial charge in [0.2, 0.25) is 0 Å². The molecule has 0 spiro atoms. The van der Waals surface area contributed by atoms with E-state index in [2.05, 4.69) is 10.6 Å². The Morgan fingerprint density at radius 2 is 1.76 bits per heavy atom. The lowest BCUT2D eigenvalue weighted by molar-refractivity contribution is -0.122. The van der Waals surface area contributed by atoms with Crippen LogP contribution in [0.3, 0.4) is 0 Å². The van der Waals surface area contributed by atoms with Crippen LogP contribution >= 0.6 is 0 Å². The molecule has 0 saturated heterocycles. The third-order valence-corrected chi connectivity index (χ3v) is 3.02. The first kappa shape index (κ1) is 18.2. The zero-order valence-corrected chi connectivity index (χ0v) is 13.3. The van der Waals surface area contributed by atoms with Gasteiger partial charge in [-0.3, -0.25) is 9.59 Å². The van der Waals surface area contributed by atoms with Gasteiger partial charge in [-0.15, -0.1) is 0 Å². The van der Waals surface area contributed by atoms with Crippen molar-refractivity contribution in [2.75, 3.05) is 25.6 Å². The van der Waals surface area contributed by atoms with Crippen LogP contribution in [0.2, 0.25) is 0 Å². The third kappa shape index (κ3) is 5.76. The smallest absolute Gasteiger partial charge is 0.262 e. The molecule has 2 amide bonds. The highest BCUT2D eigenvalue weighted by Crippen LogP contribution is 2.19. The van der Waals surface area contributed by atoms with Gasteiger partial charge in [0.25, 0.3) is 11.8 Å². The molecule has 8 heteroatoms. The van der Waals surface area contributed by atoms with Gasteiger partial charge in [-0.05, 0) is 24.3 Å². The molecule has 2 rings (SSSR count). The fourth-order valence-corrected chi connectivity index (χ4v) is 1.82. The second kappa shape index (κ2) is 8.62. The zero-order chi connectivity index (χ0) is 18.2. The number of nitrogens with one attached hydrogen (secondary N) is 2. The lowest BCUT2D eigenvalue weighted by Gasteiger charge is -2.10. The Kier molecular flexibility index (Phi) is 6.27. The number of carbonyl (C=O) groups excluding carboxylic acids is 2. The molecule has 6 nitrogen and oxygen atoms in total. The molecule has 0 aliphatic heterocycles. The third-order valence-electron chi connectivity index (χ3n) is 3.02. The lowest BCUT2D eigenvalue weighted by atomic mass is 10.3. The number of rotatable bonds is 7. The average molecular weight is 350 g/mol. The minimum Gasteiger partial charge on any atom is -0.484 e. The van der Waals surface area contributed by atoms with Gasteiger partial charge >= 0.3 is 0 Å². The summed E-state index contributed by atoms with van der Waals surface area (Å²) in [5.74, 6) is -2.28. The number of hydrogen-bond donors (Lipinski definition) is 2. The van der Waals surface area contributed by atoms with E-state index in [0.29, 0.717) is 17.5 Å². The topological polar surface area (TPSA) is 76.7 Å². The Morgan fingerprint density at radius 1 is 1.00 bits per heavy atom. The SMILES string of the molecule is CNC(=O)COc1cccc(NC(=O)COc2ccc(F)cc2F)c1. The van der Waals surface area contributed by atoms with Crippen molar-refractivity contribution in [2.24, 2.45) is 0 Å². The molecule has 0 radical (unpaired) electrons. The molecule has 0 unspecified atom stereocenters. The van der Waals surface area contributed by atoms with Crippen LogP contribution in [-0.4, -0.2) is 32.1 Å². The number of carbonyl (C=O) groups is 2. The Bertz CT molecular complexity index is 768. The Morgan fingerprint density at radius 3 is 2.48 bits per heavy atom. The Hall–Kier alpha value is -3.16. The summed E-state index contributed by atoms with van der Waals surface area (Å²) in [6.07, 6.45) is 0. The van der Waals surface area contributed by atoms with Crippen molar-refractivity contribution in [1.29, 1.82) is 0 Å². The van der Waals surface area contributed by atoms with Crippen LogP contribution in [0.4, 0.5) is 14.5 Å². The first-order chi connectivity index (χ1) is 12.0. The van der Waals surface area contributed by atoms with Gasteiger partial charge in [0.15, 0.2) is 24.8 Å². The van der Waals surface area contributed by atoms with E-state index in [9.17, 15) is 18.4 Å². The van der Waals surface area contributed by atoms with E-state index in [1.165, 1.54) is 13.1 Å². The van der Waals surface area contributed by atoms with Crippen LogP contribution in [-0.2, 0) is 9.59 Å². The lowest BCUT2D eigenvalue weighted by Crippen LogP contribution is -2.24. The fraction of sp³-hybridized carbons (Fsp3) is 0.176. The maximum atomic E-state index is 13.4. The van der Waals surface area contributed by atoms with Crippen molar-refractivity contribution in [2.45, 2.75) is 0 Å². The maximum Gasteiger partial charge on any atom is 0.262 e. The van der Waals surface area contributed by atoms with E-state index in [-0.39, 0.29) is 18.3 Å². The number of benzene rings is 2. The molecule has 25 heavy (non-hydrogen) atoms. The molecule has 2 aromatic carbocycles. The Labute approximate surface area is 142 Å². The maximum absolute atomic E-state index is 13.4. The highest BCUT2D eigenvalue weighted by molar-refractivity contribution is 5.92. The number of anilines is 1. The minimum atomic E-state index is -0.891.